The highest BCUT2D eigenvalue weighted by atomic mass is 16.7. The predicted octanol–water partition coefficient (Wildman–Crippen LogP) is 4.05. The second kappa shape index (κ2) is 22.2. The van der Waals surface area contributed by atoms with Crippen LogP contribution in [0, 0.1) is 10.1 Å². The monoisotopic (exact) mass is 978 g/mol. The fourth-order valence-electron chi connectivity index (χ4n) is 8.02. The molecule has 0 bridgehead atoms. The number of benzene rings is 3. The van der Waals surface area contributed by atoms with Gasteiger partial charge in [-0.25, -0.2) is 15.0 Å². The van der Waals surface area contributed by atoms with Crippen LogP contribution in [-0.4, -0.2) is 135 Å². The van der Waals surface area contributed by atoms with E-state index >= 15 is 0 Å². The van der Waals surface area contributed by atoms with Crippen molar-refractivity contribution in [2.45, 2.75) is 90.1 Å². The molecule has 2 aromatic heterocycles. The molecule has 0 spiro atoms. The summed E-state index contributed by atoms with van der Waals surface area (Å²) >= 11 is 0. The molecule has 71 heavy (non-hydrogen) atoms. The highest BCUT2D eigenvalue weighted by Gasteiger charge is 2.58. The molecule has 0 N–H and O–H groups in total. The van der Waals surface area contributed by atoms with Gasteiger partial charge in [0.05, 0.1) is 54.1 Å². The maximum atomic E-state index is 14.5. The molecule has 4 heterocycles. The second-order valence-corrected chi connectivity index (χ2v) is 16.6. The van der Waals surface area contributed by atoms with Crippen LogP contribution >= 0.6 is 0 Å². The fraction of sp³-hybridized carbons (Fsp3) is 0.375. The van der Waals surface area contributed by atoms with E-state index in [1.54, 1.807) is 74.4 Å². The largest absolute Gasteiger partial charge is 0.497 e. The van der Waals surface area contributed by atoms with Crippen LogP contribution in [0.15, 0.2) is 88.8 Å². The smallest absolute Gasteiger partial charge is 0.303 e. The van der Waals surface area contributed by atoms with Crippen LogP contribution in [0.5, 0.6) is 5.75 Å². The summed E-state index contributed by atoms with van der Waals surface area (Å²) in [5, 5.41) is 11.3. The van der Waals surface area contributed by atoms with Gasteiger partial charge in [-0.15, -0.1) is 0 Å². The first-order valence-corrected chi connectivity index (χ1v) is 22.2. The Morgan fingerprint density at radius 1 is 0.887 bits per heavy atom. The minimum atomic E-state index is -1.72. The number of non-ortho nitro benzene ring substituents is 1. The number of aryl methyl sites for hydroxylation is 1. The zero-order valence-electron chi connectivity index (χ0n) is 39.7. The number of aromatic nitrogens is 4. The number of rotatable bonds is 19. The lowest BCUT2D eigenvalue weighted by molar-refractivity contribution is -0.384. The standard InChI is InChI=1S/C48H50N8O15/c1-26(68-47-39(55-44(60)34-10-8-9-11-35(34)45(55)61)42(70-29(4)59)41(69-28(3)58)37(71-47)24-66-27(2)57)40(67-23-31-14-18-33(65-7)19-15-31)36-22-49-43-38(51-36)46(62)54(48(52-43)50-25-53(5)6)21-20-30-12-16-32(17-13-30)56(63)64/h8-19,22,25-26,37,39-42,47H,20-21,23-24H2,1-7H3/b50-25+/t26-,37+,39+,40-,41+,42+,47+/m0/s1. The van der Waals surface area contributed by atoms with Gasteiger partial charge < -0.3 is 38.1 Å². The number of hydrogen-bond acceptors (Lipinski definition) is 19. The molecule has 0 saturated carbocycles. The minimum absolute atomic E-state index is 0.00973. The Morgan fingerprint density at radius 2 is 1.52 bits per heavy atom. The Labute approximate surface area is 405 Å². The van der Waals surface area contributed by atoms with Crippen molar-refractivity contribution in [1.82, 2.24) is 29.3 Å². The van der Waals surface area contributed by atoms with Crippen LogP contribution in [0.25, 0.3) is 11.2 Å². The highest BCUT2D eigenvalue weighted by molar-refractivity contribution is 6.21. The van der Waals surface area contributed by atoms with Crippen molar-refractivity contribution < 1.29 is 62.1 Å². The van der Waals surface area contributed by atoms with Crippen LogP contribution in [0.2, 0.25) is 0 Å². The number of ether oxygens (including phenoxy) is 7. The lowest BCUT2D eigenvalue weighted by atomic mass is 9.94. The van der Waals surface area contributed by atoms with E-state index in [1.165, 1.54) is 48.5 Å². The predicted molar refractivity (Wildman–Crippen MR) is 248 cm³/mol. The SMILES string of the molecule is COc1ccc(CO[C@H](c2cnc3nc(/N=C/N(C)C)n(CCc4ccc([N+](=O)[O-])cc4)c(=O)c3n2)[C@H](C)O[C@@H]2O[C@H](COC(C)=O)[C@@H](OC(C)=O)[C@H](OC(C)=O)[C@H]2N2C(=O)c3ccccc3C2=O)cc1. The van der Waals surface area contributed by atoms with Crippen LogP contribution in [0.3, 0.4) is 0 Å². The van der Waals surface area contributed by atoms with Gasteiger partial charge >= 0.3 is 17.9 Å². The average Bonchev–Trinajstić information content (AvgIpc) is 3.58. The number of amides is 2. The molecule has 1 fully saturated rings. The van der Waals surface area contributed by atoms with E-state index in [4.69, 9.17) is 38.1 Å². The third-order valence-electron chi connectivity index (χ3n) is 11.3. The number of esters is 3. The number of carbonyl (C=O) groups excluding carboxylic acids is 5. The summed E-state index contributed by atoms with van der Waals surface area (Å²) < 4.78 is 43.1. The van der Waals surface area contributed by atoms with E-state index in [0.29, 0.717) is 16.9 Å². The first-order chi connectivity index (χ1) is 33.9. The van der Waals surface area contributed by atoms with Gasteiger partial charge in [0.25, 0.3) is 23.1 Å². The number of aliphatic imine (C=N–C) groups is 1. The van der Waals surface area contributed by atoms with Crippen molar-refractivity contribution in [3.05, 3.63) is 127 Å². The van der Waals surface area contributed by atoms with E-state index in [1.807, 2.05) is 0 Å². The van der Waals surface area contributed by atoms with E-state index in [2.05, 4.69) is 15.0 Å². The fourth-order valence-corrected chi connectivity index (χ4v) is 8.02. The van der Waals surface area contributed by atoms with Gasteiger partial charge in [-0.05, 0) is 48.7 Å². The summed E-state index contributed by atoms with van der Waals surface area (Å²) in [4.78, 5) is 112. The molecule has 2 aliphatic rings. The molecule has 2 amide bonds. The average molecular weight is 979 g/mol. The van der Waals surface area contributed by atoms with Crippen molar-refractivity contribution in [2.24, 2.45) is 4.99 Å². The van der Waals surface area contributed by atoms with Gasteiger partial charge in [-0.1, -0.05) is 36.4 Å². The summed E-state index contributed by atoms with van der Waals surface area (Å²) in [6.07, 6.45) is -5.72. The zero-order valence-corrected chi connectivity index (χ0v) is 39.7. The maximum Gasteiger partial charge on any atom is 0.303 e. The van der Waals surface area contributed by atoms with Crippen LogP contribution < -0.4 is 10.3 Å². The normalized spacial score (nSPS) is 19.5. The highest BCUT2D eigenvalue weighted by Crippen LogP contribution is 2.38. The number of nitro groups is 1. The second-order valence-electron chi connectivity index (χ2n) is 16.6. The first-order valence-electron chi connectivity index (χ1n) is 22.2. The topological polar surface area (TPSA) is 273 Å². The van der Waals surface area contributed by atoms with Gasteiger partial charge in [0.1, 0.15) is 30.6 Å². The van der Waals surface area contributed by atoms with Crippen molar-refractivity contribution in [3.63, 3.8) is 0 Å². The Balaban J connectivity index is 1.32. The van der Waals surface area contributed by atoms with Gasteiger partial charge in [-0.3, -0.25) is 48.3 Å². The molecule has 23 nitrogen and oxygen atoms in total. The lowest BCUT2D eigenvalue weighted by Crippen LogP contribution is -2.68. The molecule has 7 atom stereocenters. The van der Waals surface area contributed by atoms with Crippen LogP contribution in [0.1, 0.15) is 71.3 Å². The molecule has 2 aliphatic heterocycles. The molecule has 372 valence electrons. The minimum Gasteiger partial charge on any atom is -0.497 e. The van der Waals surface area contributed by atoms with E-state index < -0.39 is 89.7 Å². The van der Waals surface area contributed by atoms with Crippen LogP contribution in [-0.2, 0) is 62.4 Å². The lowest BCUT2D eigenvalue weighted by Gasteiger charge is -2.47. The summed E-state index contributed by atoms with van der Waals surface area (Å²) in [7, 11) is 5.00. The number of nitrogens with zero attached hydrogens (tertiary/aromatic N) is 8. The van der Waals surface area contributed by atoms with Crippen molar-refractivity contribution in [3.8, 4) is 5.75 Å². The number of fused-ring (bicyclic) bond motifs is 2. The summed E-state index contributed by atoms with van der Waals surface area (Å²) in [5.74, 6) is -3.46. The van der Waals surface area contributed by atoms with Crippen molar-refractivity contribution in [1.29, 1.82) is 0 Å². The third kappa shape index (κ3) is 11.7. The van der Waals surface area contributed by atoms with Gasteiger partial charge in [-0.2, -0.15) is 4.98 Å². The van der Waals surface area contributed by atoms with Gasteiger partial charge in [0.2, 0.25) is 5.95 Å². The molecule has 0 unspecified atom stereocenters. The Bertz CT molecular complexity index is 2880. The molecule has 1 saturated heterocycles. The quantitative estimate of drug-likeness (QED) is 0.0215. The number of carbonyl (C=O) groups is 5. The Morgan fingerprint density at radius 3 is 2.11 bits per heavy atom. The van der Waals surface area contributed by atoms with E-state index in [9.17, 15) is 38.9 Å². The molecule has 0 radical (unpaired) electrons. The molecule has 3 aromatic carbocycles. The first kappa shape index (κ1) is 50.8. The third-order valence-corrected chi connectivity index (χ3v) is 11.3. The van der Waals surface area contributed by atoms with Crippen molar-refractivity contribution in [2.75, 3.05) is 27.8 Å². The number of methoxy groups -OCH3 is 1. The number of imide groups is 1. The Kier molecular flexibility index (Phi) is 15.9. The maximum absolute atomic E-state index is 14.5. The molecule has 23 heteroatoms. The zero-order chi connectivity index (χ0) is 51.1. The molecule has 0 aliphatic carbocycles. The van der Waals surface area contributed by atoms with E-state index in [0.717, 1.165) is 25.7 Å². The summed E-state index contributed by atoms with van der Waals surface area (Å²) in [6.45, 7) is 4.28. The summed E-state index contributed by atoms with van der Waals surface area (Å²) in [6, 6.07) is 17.3. The van der Waals surface area contributed by atoms with Crippen molar-refractivity contribution >= 4 is 58.9 Å². The number of hydrogen-bond donors (Lipinski definition) is 0. The van der Waals surface area contributed by atoms with Gasteiger partial charge in [0, 0.05) is 53.5 Å². The number of nitro benzene ring substituents is 1. The molecular weight excluding hydrogens is 929 g/mol. The molecule has 5 aromatic rings. The van der Waals surface area contributed by atoms with Crippen LogP contribution in [0.4, 0.5) is 11.6 Å². The Hall–Kier alpha value is -8.02. The van der Waals surface area contributed by atoms with Gasteiger partial charge in [0.15, 0.2) is 29.7 Å². The molecule has 7 rings (SSSR count). The molecular formula is C48H50N8O15. The van der Waals surface area contributed by atoms with E-state index in [-0.39, 0.29) is 59.2 Å². The summed E-state index contributed by atoms with van der Waals surface area (Å²) in [5.41, 5.74) is 0.529.